The number of nitrogens with zero attached hydrogens (tertiary/aromatic N) is 4. The van der Waals surface area contributed by atoms with E-state index in [2.05, 4.69) is 22.0 Å². The summed E-state index contributed by atoms with van der Waals surface area (Å²) in [6.45, 7) is 2.63. The van der Waals surface area contributed by atoms with Gasteiger partial charge in [-0.15, -0.1) is 10.2 Å². The summed E-state index contributed by atoms with van der Waals surface area (Å²) in [5, 5.41) is 9.52. The van der Waals surface area contributed by atoms with Gasteiger partial charge < -0.3 is 4.74 Å². The maximum absolute atomic E-state index is 13.4. The first-order valence-corrected chi connectivity index (χ1v) is 9.73. The molecule has 1 atom stereocenters. The molecule has 0 amide bonds. The topological polar surface area (TPSA) is 43.2 Å². The van der Waals surface area contributed by atoms with E-state index in [4.69, 9.17) is 4.74 Å². The summed E-state index contributed by atoms with van der Waals surface area (Å²) in [7, 11) is 3.99. The van der Waals surface area contributed by atoms with E-state index in [1.165, 1.54) is 12.1 Å². The summed E-state index contributed by atoms with van der Waals surface area (Å²) in [5.41, 5.74) is 0.844. The Morgan fingerprint density at radius 3 is 2.44 bits per heavy atom. The molecule has 0 aliphatic carbocycles. The zero-order valence-electron chi connectivity index (χ0n) is 15.7. The molecule has 1 heterocycles. The van der Waals surface area contributed by atoms with Crippen LogP contribution in [0.5, 0.6) is 5.75 Å². The maximum Gasteiger partial charge on any atom is 0.196 e. The Balaban J connectivity index is 1.76. The van der Waals surface area contributed by atoms with E-state index in [0.29, 0.717) is 6.61 Å². The average molecular weight is 386 g/mol. The fourth-order valence-corrected chi connectivity index (χ4v) is 3.29. The van der Waals surface area contributed by atoms with Crippen LogP contribution in [0.3, 0.4) is 0 Å². The lowest BCUT2D eigenvalue weighted by Crippen LogP contribution is -2.20. The Morgan fingerprint density at radius 2 is 1.78 bits per heavy atom. The summed E-state index contributed by atoms with van der Waals surface area (Å²) in [5.74, 6) is 2.13. The predicted molar refractivity (Wildman–Crippen MR) is 106 cm³/mol. The van der Waals surface area contributed by atoms with Crippen molar-refractivity contribution in [1.82, 2.24) is 19.7 Å². The molecule has 5 nitrogen and oxygen atoms in total. The highest BCUT2D eigenvalue weighted by molar-refractivity contribution is 7.99. The first kappa shape index (κ1) is 19.4. The Kier molecular flexibility index (Phi) is 6.47. The Labute approximate surface area is 163 Å². The van der Waals surface area contributed by atoms with Crippen molar-refractivity contribution in [2.24, 2.45) is 0 Å². The molecule has 0 spiro atoms. The quantitative estimate of drug-likeness (QED) is 0.429. The number of hydrogen-bond acceptors (Lipinski definition) is 5. The molecule has 2 aromatic carbocycles. The van der Waals surface area contributed by atoms with Gasteiger partial charge in [0.1, 0.15) is 11.6 Å². The third-order valence-corrected chi connectivity index (χ3v) is 5.11. The van der Waals surface area contributed by atoms with Crippen LogP contribution in [0.4, 0.5) is 4.39 Å². The number of thioether (sulfide) groups is 1. The van der Waals surface area contributed by atoms with E-state index in [1.807, 2.05) is 49.0 Å². The highest BCUT2D eigenvalue weighted by Crippen LogP contribution is 2.27. The van der Waals surface area contributed by atoms with Gasteiger partial charge in [-0.2, -0.15) is 0 Å². The summed E-state index contributed by atoms with van der Waals surface area (Å²) in [4.78, 5) is 2.07. The molecule has 7 heteroatoms. The lowest BCUT2D eigenvalue weighted by Gasteiger charge is -2.20. The number of benzene rings is 2. The third-order valence-electron chi connectivity index (χ3n) is 4.22. The second-order valence-electron chi connectivity index (χ2n) is 6.30. The van der Waals surface area contributed by atoms with Crippen molar-refractivity contribution in [2.75, 3.05) is 26.5 Å². The van der Waals surface area contributed by atoms with E-state index in [1.54, 1.807) is 23.9 Å². The largest absolute Gasteiger partial charge is 0.493 e. The van der Waals surface area contributed by atoms with Crippen molar-refractivity contribution in [3.8, 4) is 11.4 Å². The normalized spacial score (nSPS) is 12.3. The van der Waals surface area contributed by atoms with E-state index in [9.17, 15) is 4.39 Å². The number of ether oxygens (including phenoxy) is 1. The molecule has 3 rings (SSSR count). The van der Waals surface area contributed by atoms with Crippen molar-refractivity contribution in [3.63, 3.8) is 0 Å². The summed E-state index contributed by atoms with van der Waals surface area (Å²) in [6, 6.07) is 16.2. The molecule has 0 bridgehead atoms. The predicted octanol–water partition coefficient (Wildman–Crippen LogP) is 4.20. The number of para-hydroxylation sites is 1. The lowest BCUT2D eigenvalue weighted by molar-refractivity contribution is 0.305. The average Bonchev–Trinajstić information content (AvgIpc) is 3.09. The van der Waals surface area contributed by atoms with Crippen molar-refractivity contribution in [2.45, 2.75) is 18.1 Å². The molecule has 1 aromatic heterocycles. The van der Waals surface area contributed by atoms with Crippen LogP contribution in [0.1, 0.15) is 18.8 Å². The molecule has 142 valence electrons. The van der Waals surface area contributed by atoms with Crippen molar-refractivity contribution < 1.29 is 9.13 Å². The number of aromatic nitrogens is 3. The lowest BCUT2D eigenvalue weighted by atomic mass is 10.2. The van der Waals surface area contributed by atoms with Crippen LogP contribution >= 0.6 is 11.8 Å². The van der Waals surface area contributed by atoms with Crippen LogP contribution in [0.25, 0.3) is 5.69 Å². The third kappa shape index (κ3) is 4.87. The van der Waals surface area contributed by atoms with Crippen molar-refractivity contribution in [1.29, 1.82) is 0 Å². The minimum atomic E-state index is -0.264. The fraction of sp³-hybridized carbons (Fsp3) is 0.300. The minimum Gasteiger partial charge on any atom is -0.493 e. The van der Waals surface area contributed by atoms with Gasteiger partial charge in [0.05, 0.1) is 12.6 Å². The van der Waals surface area contributed by atoms with Gasteiger partial charge in [0.25, 0.3) is 0 Å². The standard InChI is InChI=1S/C20H23FN4OS/c1-15(24(2)3)19-22-23-20(25(19)17-11-9-16(21)10-12-17)27-14-13-26-18-7-5-4-6-8-18/h4-12,15H,13-14H2,1-3H3. The van der Waals surface area contributed by atoms with E-state index in [0.717, 1.165) is 28.2 Å². The van der Waals surface area contributed by atoms with E-state index < -0.39 is 0 Å². The van der Waals surface area contributed by atoms with Crippen LogP contribution in [-0.2, 0) is 0 Å². The van der Waals surface area contributed by atoms with Gasteiger partial charge >= 0.3 is 0 Å². The summed E-state index contributed by atoms with van der Waals surface area (Å²) < 4.78 is 21.1. The van der Waals surface area contributed by atoms with Gasteiger partial charge in [-0.05, 0) is 57.4 Å². The van der Waals surface area contributed by atoms with Crippen LogP contribution < -0.4 is 4.74 Å². The second kappa shape index (κ2) is 9.01. The van der Waals surface area contributed by atoms with Crippen LogP contribution in [-0.4, -0.2) is 46.1 Å². The molecule has 0 radical (unpaired) electrons. The fourth-order valence-electron chi connectivity index (χ4n) is 2.52. The molecule has 0 aliphatic heterocycles. The van der Waals surface area contributed by atoms with Crippen molar-refractivity contribution >= 4 is 11.8 Å². The van der Waals surface area contributed by atoms with Gasteiger partial charge in [0, 0.05) is 11.4 Å². The smallest absolute Gasteiger partial charge is 0.196 e. The van der Waals surface area contributed by atoms with Crippen molar-refractivity contribution in [3.05, 3.63) is 66.2 Å². The highest BCUT2D eigenvalue weighted by Gasteiger charge is 2.20. The zero-order chi connectivity index (χ0) is 19.2. The van der Waals surface area contributed by atoms with Gasteiger partial charge in [0.2, 0.25) is 0 Å². The Bertz CT molecular complexity index is 852. The van der Waals surface area contributed by atoms with Crippen LogP contribution in [0.2, 0.25) is 0 Å². The minimum absolute atomic E-state index is 0.0671. The second-order valence-corrected chi connectivity index (χ2v) is 7.36. The molecule has 3 aromatic rings. The molecule has 0 aliphatic rings. The maximum atomic E-state index is 13.4. The highest BCUT2D eigenvalue weighted by atomic mass is 32.2. The Morgan fingerprint density at radius 1 is 1.07 bits per heavy atom. The van der Waals surface area contributed by atoms with Gasteiger partial charge in [-0.1, -0.05) is 30.0 Å². The number of halogens is 1. The molecule has 27 heavy (non-hydrogen) atoms. The molecule has 0 saturated carbocycles. The summed E-state index contributed by atoms with van der Waals surface area (Å²) in [6.07, 6.45) is 0. The van der Waals surface area contributed by atoms with Gasteiger partial charge in [-0.25, -0.2) is 4.39 Å². The SMILES string of the molecule is CC(c1nnc(SCCOc2ccccc2)n1-c1ccc(F)cc1)N(C)C. The molecular weight excluding hydrogens is 363 g/mol. The number of hydrogen-bond donors (Lipinski definition) is 0. The van der Waals surface area contributed by atoms with E-state index >= 15 is 0 Å². The first-order valence-electron chi connectivity index (χ1n) is 8.74. The summed E-state index contributed by atoms with van der Waals surface area (Å²) >= 11 is 1.57. The van der Waals surface area contributed by atoms with Crippen LogP contribution in [0, 0.1) is 5.82 Å². The van der Waals surface area contributed by atoms with Gasteiger partial charge in [-0.3, -0.25) is 9.47 Å². The Hall–Kier alpha value is -2.38. The molecule has 1 unspecified atom stereocenters. The molecule has 0 saturated heterocycles. The van der Waals surface area contributed by atoms with E-state index in [-0.39, 0.29) is 11.9 Å². The number of rotatable bonds is 8. The first-order chi connectivity index (χ1) is 13.1. The molecular formula is C20H23FN4OS. The zero-order valence-corrected chi connectivity index (χ0v) is 16.5. The monoisotopic (exact) mass is 386 g/mol. The molecule has 0 fully saturated rings. The molecule has 0 N–H and O–H groups in total. The van der Waals surface area contributed by atoms with Gasteiger partial charge in [0.15, 0.2) is 11.0 Å². The van der Waals surface area contributed by atoms with Crippen LogP contribution in [0.15, 0.2) is 59.8 Å².